The van der Waals surface area contributed by atoms with Gasteiger partial charge in [0, 0.05) is 49.0 Å². The monoisotopic (exact) mass is 780 g/mol. The van der Waals surface area contributed by atoms with Crippen molar-refractivity contribution in [1.29, 1.82) is 0 Å². The molecule has 4 heterocycles. The van der Waals surface area contributed by atoms with Crippen molar-refractivity contribution in [2.75, 3.05) is 0 Å². The molecule has 13 aromatic rings. The van der Waals surface area contributed by atoms with Gasteiger partial charge < -0.3 is 13.4 Å². The molecule has 0 atom stereocenters. The summed E-state index contributed by atoms with van der Waals surface area (Å²) in [6.07, 6.45) is 0. The number of furan rings is 2. The van der Waals surface area contributed by atoms with E-state index in [0.29, 0.717) is 17.5 Å². The topological polar surface area (TPSA) is 69.9 Å². The van der Waals surface area contributed by atoms with Crippen LogP contribution in [-0.4, -0.2) is 19.5 Å². The highest BCUT2D eigenvalue weighted by Gasteiger charge is 2.25. The van der Waals surface area contributed by atoms with E-state index in [9.17, 15) is 0 Å². The number of rotatable bonds is 5. The van der Waals surface area contributed by atoms with Crippen LogP contribution in [0.15, 0.2) is 203 Å². The first kappa shape index (κ1) is 33.6. The fourth-order valence-corrected chi connectivity index (χ4v) is 9.25. The molecule has 0 unspecified atom stereocenters. The average molecular weight is 781 g/mol. The van der Waals surface area contributed by atoms with E-state index in [0.717, 1.165) is 105 Å². The molecule has 4 aromatic heterocycles. The van der Waals surface area contributed by atoms with E-state index >= 15 is 0 Å². The molecular formula is C55H32N4O2. The summed E-state index contributed by atoms with van der Waals surface area (Å²) in [6.45, 7) is 0. The molecule has 0 bridgehead atoms. The Balaban J connectivity index is 1.16. The molecule has 0 aliphatic carbocycles. The summed E-state index contributed by atoms with van der Waals surface area (Å²) in [5.74, 6) is 1.64. The lowest BCUT2D eigenvalue weighted by Gasteiger charge is -2.16. The first-order chi connectivity index (χ1) is 30.2. The van der Waals surface area contributed by atoms with Gasteiger partial charge in [0.25, 0.3) is 0 Å². The third-order valence-corrected chi connectivity index (χ3v) is 12.0. The van der Waals surface area contributed by atoms with Crippen molar-refractivity contribution in [3.8, 4) is 51.0 Å². The summed E-state index contributed by atoms with van der Waals surface area (Å²) in [6, 6.07) is 67.3. The van der Waals surface area contributed by atoms with Crippen molar-refractivity contribution in [2.45, 2.75) is 0 Å². The second-order valence-corrected chi connectivity index (χ2v) is 15.5. The first-order valence-electron chi connectivity index (χ1n) is 20.4. The average Bonchev–Trinajstić information content (AvgIpc) is 4.00. The van der Waals surface area contributed by atoms with Crippen LogP contribution in [0.1, 0.15) is 0 Å². The van der Waals surface area contributed by atoms with Gasteiger partial charge >= 0.3 is 0 Å². The van der Waals surface area contributed by atoms with Crippen LogP contribution in [0.2, 0.25) is 0 Å². The first-order valence-corrected chi connectivity index (χ1v) is 20.4. The lowest BCUT2D eigenvalue weighted by molar-refractivity contribution is 0.666. The van der Waals surface area contributed by atoms with E-state index in [-0.39, 0.29) is 0 Å². The Hall–Kier alpha value is -8.35. The minimum atomic E-state index is 0.527. The van der Waals surface area contributed by atoms with Crippen molar-refractivity contribution in [3.05, 3.63) is 194 Å². The van der Waals surface area contributed by atoms with Crippen LogP contribution in [0.4, 0.5) is 0 Å². The summed E-state index contributed by atoms with van der Waals surface area (Å²) in [4.78, 5) is 16.1. The molecule has 13 rings (SSSR count). The highest BCUT2D eigenvalue weighted by atomic mass is 16.3. The largest absolute Gasteiger partial charge is 0.456 e. The smallest absolute Gasteiger partial charge is 0.166 e. The van der Waals surface area contributed by atoms with Gasteiger partial charge in [0.15, 0.2) is 23.1 Å². The second kappa shape index (κ2) is 13.1. The second-order valence-electron chi connectivity index (χ2n) is 15.5. The molecule has 0 aliphatic rings. The lowest BCUT2D eigenvalue weighted by Crippen LogP contribution is -2.04. The van der Waals surface area contributed by atoms with Crippen LogP contribution in [0.3, 0.4) is 0 Å². The Bertz CT molecular complexity index is 3900. The Labute approximate surface area is 348 Å². The van der Waals surface area contributed by atoms with Crippen LogP contribution in [0.25, 0.3) is 127 Å². The standard InChI is InChI=1S/C55H32N4O2/c1-2-14-33(15-3-1)34-18-12-19-37(30-34)53-56-54(42-23-13-27-49-50(42)41-22-8-11-26-48(41)60-49)58-55(57-53)43-29-28-40-39-21-7-10-25-47(39)61-52(40)51(43)59-45-24-9-6-20-38(45)44-31-35-16-4-5-17-36(35)32-46(44)59/h1-32H. The van der Waals surface area contributed by atoms with Gasteiger partial charge in [-0.1, -0.05) is 140 Å². The predicted molar refractivity (Wildman–Crippen MR) is 248 cm³/mol. The third kappa shape index (κ3) is 5.19. The van der Waals surface area contributed by atoms with Gasteiger partial charge in [-0.3, -0.25) is 0 Å². The minimum absolute atomic E-state index is 0.527. The molecule has 0 amide bonds. The summed E-state index contributed by atoms with van der Waals surface area (Å²) in [5, 5.41) is 8.67. The molecule has 0 spiro atoms. The van der Waals surface area contributed by atoms with Crippen LogP contribution in [0.5, 0.6) is 0 Å². The van der Waals surface area contributed by atoms with Crippen molar-refractivity contribution >= 4 is 76.5 Å². The van der Waals surface area contributed by atoms with Gasteiger partial charge in [-0.15, -0.1) is 0 Å². The number of hydrogen-bond donors (Lipinski definition) is 0. The highest BCUT2D eigenvalue weighted by Crippen LogP contribution is 2.44. The van der Waals surface area contributed by atoms with Gasteiger partial charge in [-0.05, 0) is 76.5 Å². The fraction of sp³-hybridized carbons (Fsp3) is 0. The van der Waals surface area contributed by atoms with Crippen molar-refractivity contribution < 1.29 is 8.83 Å². The third-order valence-electron chi connectivity index (χ3n) is 12.0. The Morgan fingerprint density at radius 1 is 0.344 bits per heavy atom. The van der Waals surface area contributed by atoms with Crippen molar-refractivity contribution in [2.24, 2.45) is 0 Å². The van der Waals surface area contributed by atoms with Crippen LogP contribution < -0.4 is 0 Å². The summed E-state index contributed by atoms with van der Waals surface area (Å²) in [5.41, 5.74) is 10.9. The molecule has 9 aromatic carbocycles. The molecule has 0 fully saturated rings. The van der Waals surface area contributed by atoms with Crippen molar-refractivity contribution in [1.82, 2.24) is 19.5 Å². The van der Waals surface area contributed by atoms with E-state index in [1.54, 1.807) is 0 Å². The molecular weight excluding hydrogens is 749 g/mol. The zero-order valence-corrected chi connectivity index (χ0v) is 32.6. The summed E-state index contributed by atoms with van der Waals surface area (Å²) in [7, 11) is 0. The Kier molecular flexibility index (Phi) is 7.21. The van der Waals surface area contributed by atoms with E-state index in [2.05, 4.69) is 150 Å². The Morgan fingerprint density at radius 3 is 1.82 bits per heavy atom. The van der Waals surface area contributed by atoms with Gasteiger partial charge in [0.05, 0.1) is 11.0 Å². The maximum absolute atomic E-state index is 6.94. The van der Waals surface area contributed by atoms with Gasteiger partial charge in [-0.2, -0.15) is 0 Å². The highest BCUT2D eigenvalue weighted by molar-refractivity contribution is 6.17. The summed E-state index contributed by atoms with van der Waals surface area (Å²) < 4.78 is 15.7. The molecule has 0 saturated heterocycles. The van der Waals surface area contributed by atoms with E-state index in [1.165, 1.54) is 5.39 Å². The van der Waals surface area contributed by atoms with Crippen LogP contribution in [0, 0.1) is 0 Å². The molecule has 0 radical (unpaired) electrons. The molecule has 284 valence electrons. The SMILES string of the molecule is c1ccc(-c2cccc(-c3nc(-c4ccc5c(oc6ccccc65)c4-n4c5ccccc5c5cc6ccccc6cc54)nc(-c4cccc5oc6ccccc6c45)n3)c2)cc1. The number of aromatic nitrogens is 4. The molecule has 61 heavy (non-hydrogen) atoms. The zero-order chi connectivity index (χ0) is 40.0. The number of para-hydroxylation sites is 3. The fourth-order valence-electron chi connectivity index (χ4n) is 9.25. The maximum atomic E-state index is 6.94. The quantitative estimate of drug-likeness (QED) is 0.174. The number of fused-ring (bicyclic) bond motifs is 10. The lowest BCUT2D eigenvalue weighted by atomic mass is 10.0. The number of hydrogen-bond acceptors (Lipinski definition) is 5. The minimum Gasteiger partial charge on any atom is -0.456 e. The van der Waals surface area contributed by atoms with Crippen LogP contribution in [-0.2, 0) is 0 Å². The number of nitrogens with zero attached hydrogens (tertiary/aromatic N) is 4. The number of benzene rings is 9. The van der Waals surface area contributed by atoms with Gasteiger partial charge in [0.1, 0.15) is 22.4 Å². The van der Waals surface area contributed by atoms with E-state index < -0.39 is 0 Å². The summed E-state index contributed by atoms with van der Waals surface area (Å²) >= 11 is 0. The molecule has 6 heteroatoms. The van der Waals surface area contributed by atoms with Gasteiger partial charge in [0.2, 0.25) is 0 Å². The maximum Gasteiger partial charge on any atom is 0.166 e. The molecule has 6 nitrogen and oxygen atoms in total. The molecule has 0 saturated carbocycles. The van der Waals surface area contributed by atoms with E-state index in [1.807, 2.05) is 48.5 Å². The molecule has 0 aliphatic heterocycles. The van der Waals surface area contributed by atoms with Crippen LogP contribution >= 0.6 is 0 Å². The van der Waals surface area contributed by atoms with Crippen molar-refractivity contribution in [3.63, 3.8) is 0 Å². The predicted octanol–water partition coefficient (Wildman–Crippen LogP) is 14.6. The molecule has 0 N–H and O–H groups in total. The van der Waals surface area contributed by atoms with E-state index in [4.69, 9.17) is 23.8 Å². The zero-order valence-electron chi connectivity index (χ0n) is 32.6. The van der Waals surface area contributed by atoms with Gasteiger partial charge in [-0.25, -0.2) is 15.0 Å². The normalized spacial score (nSPS) is 11.9. The Morgan fingerprint density at radius 2 is 0.967 bits per heavy atom.